The van der Waals surface area contributed by atoms with Crippen LogP contribution >= 0.6 is 0 Å². The van der Waals surface area contributed by atoms with E-state index in [0.717, 1.165) is 28.2 Å². The van der Waals surface area contributed by atoms with E-state index in [2.05, 4.69) is 15.1 Å². The van der Waals surface area contributed by atoms with E-state index < -0.39 is 5.82 Å². The van der Waals surface area contributed by atoms with E-state index in [9.17, 15) is 9.18 Å². The lowest BCUT2D eigenvalue weighted by atomic mass is 10.1. The number of aromatic amines is 1. The molecule has 0 radical (unpaired) electrons. The number of nitrogens with two attached hydrogens (primary N) is 1. The summed E-state index contributed by atoms with van der Waals surface area (Å²) in [7, 11) is 3.13. The molecule has 0 atom stereocenters. The molecule has 3 heterocycles. The molecule has 0 aliphatic heterocycles. The van der Waals surface area contributed by atoms with Crippen LogP contribution in [-0.2, 0) is 6.54 Å². The summed E-state index contributed by atoms with van der Waals surface area (Å²) in [6, 6.07) is 19.2. The van der Waals surface area contributed by atoms with Crippen molar-refractivity contribution in [1.29, 1.82) is 0 Å². The van der Waals surface area contributed by atoms with Gasteiger partial charge in [0.2, 0.25) is 5.78 Å². The van der Waals surface area contributed by atoms with Crippen LogP contribution in [0, 0.1) is 12.7 Å². The third kappa shape index (κ3) is 4.80. The zero-order valence-corrected chi connectivity index (χ0v) is 22.7. The van der Waals surface area contributed by atoms with Gasteiger partial charge in [-0.25, -0.2) is 14.1 Å². The Kier molecular flexibility index (Phi) is 6.50. The molecule has 0 spiro atoms. The Morgan fingerprint density at radius 2 is 1.83 bits per heavy atom. The third-order valence-corrected chi connectivity index (χ3v) is 6.99. The Morgan fingerprint density at radius 3 is 2.59 bits per heavy atom. The Balaban J connectivity index is 1.42. The molecule has 0 saturated carbocycles. The number of aryl methyl sites for hydroxylation is 1. The number of methoxy groups -OCH3 is 2. The van der Waals surface area contributed by atoms with E-state index in [1.54, 1.807) is 19.2 Å². The number of imidazole rings is 1. The van der Waals surface area contributed by atoms with Gasteiger partial charge in [-0.3, -0.25) is 4.79 Å². The minimum Gasteiger partial charge on any atom is -0.497 e. The van der Waals surface area contributed by atoms with E-state index in [1.165, 1.54) is 30.1 Å². The van der Waals surface area contributed by atoms with Gasteiger partial charge in [0.15, 0.2) is 0 Å². The van der Waals surface area contributed by atoms with Crippen molar-refractivity contribution in [2.24, 2.45) is 0 Å². The first-order valence-electron chi connectivity index (χ1n) is 12.9. The third-order valence-electron chi connectivity index (χ3n) is 6.99. The fraction of sp³-hybridized carbons (Fsp3) is 0.129. The number of carbonyl (C=O) groups is 1. The topological polar surface area (TPSA) is 113 Å². The highest BCUT2D eigenvalue weighted by Gasteiger charge is 2.23. The number of carbonyl (C=O) groups excluding carboxylic acids is 1. The van der Waals surface area contributed by atoms with Crippen LogP contribution in [-0.4, -0.2) is 44.3 Å². The predicted octanol–water partition coefficient (Wildman–Crippen LogP) is 5.54. The molecule has 6 rings (SSSR count). The van der Waals surface area contributed by atoms with Crippen LogP contribution in [0.3, 0.4) is 0 Å². The first kappa shape index (κ1) is 25.9. The number of ketones is 1. The maximum Gasteiger partial charge on any atom is 0.214 e. The minimum absolute atomic E-state index is 0.198. The number of hydrogen-bond acceptors (Lipinski definition) is 6. The van der Waals surface area contributed by atoms with Crippen molar-refractivity contribution >= 4 is 22.6 Å². The van der Waals surface area contributed by atoms with Gasteiger partial charge in [-0.1, -0.05) is 12.1 Å². The normalized spacial score (nSPS) is 11.2. The Labute approximate surface area is 235 Å². The van der Waals surface area contributed by atoms with E-state index in [4.69, 9.17) is 15.2 Å². The van der Waals surface area contributed by atoms with Gasteiger partial charge in [0.1, 0.15) is 29.0 Å². The fourth-order valence-electron chi connectivity index (χ4n) is 4.94. The molecule has 3 aromatic heterocycles. The molecule has 0 saturated heterocycles. The number of anilines is 1. The summed E-state index contributed by atoms with van der Waals surface area (Å²) < 4.78 is 28.4. The van der Waals surface area contributed by atoms with Crippen LogP contribution in [0.5, 0.6) is 11.5 Å². The summed E-state index contributed by atoms with van der Waals surface area (Å²) in [6.07, 6.45) is 3.27. The fourth-order valence-corrected chi connectivity index (χ4v) is 4.94. The molecule has 0 bridgehead atoms. The number of nitrogens with zero attached hydrogens (tertiary/aromatic N) is 4. The Bertz CT molecular complexity index is 1900. The zero-order chi connectivity index (χ0) is 28.7. The highest BCUT2D eigenvalue weighted by atomic mass is 19.1. The lowest BCUT2D eigenvalue weighted by molar-refractivity contribution is 0.103. The van der Waals surface area contributed by atoms with E-state index in [-0.39, 0.29) is 17.2 Å². The smallest absolute Gasteiger partial charge is 0.214 e. The van der Waals surface area contributed by atoms with Crippen molar-refractivity contribution in [2.45, 2.75) is 13.5 Å². The second-order valence-corrected chi connectivity index (χ2v) is 9.64. The number of nitrogen functional groups attached to an aromatic ring is 1. The number of halogens is 1. The number of rotatable bonds is 8. The summed E-state index contributed by atoms with van der Waals surface area (Å²) in [5.41, 5.74) is 11.6. The predicted molar refractivity (Wildman–Crippen MR) is 154 cm³/mol. The molecule has 3 N–H and O–H groups in total. The van der Waals surface area contributed by atoms with E-state index in [1.807, 2.05) is 60.2 Å². The number of aromatic nitrogens is 5. The van der Waals surface area contributed by atoms with Gasteiger partial charge >= 0.3 is 0 Å². The molecule has 0 fully saturated rings. The maximum absolute atomic E-state index is 14.3. The van der Waals surface area contributed by atoms with Crippen molar-refractivity contribution in [1.82, 2.24) is 24.3 Å². The second kappa shape index (κ2) is 10.3. The molecule has 0 aliphatic carbocycles. The summed E-state index contributed by atoms with van der Waals surface area (Å²) in [4.78, 5) is 21.7. The summed E-state index contributed by atoms with van der Waals surface area (Å²) in [6.45, 7) is 2.26. The molecule has 0 unspecified atom stereocenters. The van der Waals surface area contributed by atoms with Crippen molar-refractivity contribution < 1.29 is 18.7 Å². The van der Waals surface area contributed by atoms with Crippen LogP contribution < -0.4 is 15.2 Å². The SMILES string of the molecule is COc1ccc(Cn2cc(-c3cc(F)ccc3OC)cc2C(=O)c2cnn(-c3ccc4[nH]c(C)nc4c3)c2N)cc1. The molecular formula is C31H27FN6O3. The number of hydrogen-bond donors (Lipinski definition) is 2. The molecule has 0 amide bonds. The highest BCUT2D eigenvalue weighted by molar-refractivity contribution is 6.11. The molecule has 41 heavy (non-hydrogen) atoms. The highest BCUT2D eigenvalue weighted by Crippen LogP contribution is 2.33. The monoisotopic (exact) mass is 550 g/mol. The average Bonchev–Trinajstić information content (AvgIpc) is 3.68. The number of nitrogens with one attached hydrogen (secondary N) is 1. The number of H-pyrrole nitrogens is 1. The molecule has 10 heteroatoms. The summed E-state index contributed by atoms with van der Waals surface area (Å²) in [5, 5.41) is 4.42. The zero-order valence-electron chi connectivity index (χ0n) is 22.7. The molecular weight excluding hydrogens is 523 g/mol. The van der Waals surface area contributed by atoms with Crippen molar-refractivity contribution in [3.05, 3.63) is 108 Å². The summed E-state index contributed by atoms with van der Waals surface area (Å²) >= 11 is 0. The largest absolute Gasteiger partial charge is 0.497 e. The standard InChI is InChI=1S/C31H27FN6O3/c1-18-35-26-10-7-22(14-27(26)36-18)38-31(33)25(15-34-38)30(39)28-12-20(24-13-21(32)6-11-29(24)41-3)17-37(28)16-19-4-8-23(40-2)9-5-19/h4-15,17H,16,33H2,1-3H3,(H,35,36). The van der Waals surface area contributed by atoms with Crippen LogP contribution in [0.25, 0.3) is 27.8 Å². The quantitative estimate of drug-likeness (QED) is 0.241. The van der Waals surface area contributed by atoms with Gasteiger partial charge in [-0.2, -0.15) is 5.10 Å². The van der Waals surface area contributed by atoms with Crippen LogP contribution in [0.2, 0.25) is 0 Å². The maximum atomic E-state index is 14.3. The van der Waals surface area contributed by atoms with Gasteiger partial charge < -0.3 is 24.8 Å². The lowest BCUT2D eigenvalue weighted by Gasteiger charge is -2.10. The summed E-state index contributed by atoms with van der Waals surface area (Å²) in [5.74, 6) is 1.48. The molecule has 0 aliphatic rings. The van der Waals surface area contributed by atoms with Crippen LogP contribution in [0.15, 0.2) is 79.1 Å². The second-order valence-electron chi connectivity index (χ2n) is 9.64. The van der Waals surface area contributed by atoms with Crippen molar-refractivity contribution in [3.8, 4) is 28.3 Å². The molecule has 3 aromatic carbocycles. The van der Waals surface area contributed by atoms with Gasteiger partial charge in [0.25, 0.3) is 0 Å². The first-order chi connectivity index (χ1) is 19.8. The van der Waals surface area contributed by atoms with Crippen LogP contribution in [0.4, 0.5) is 10.2 Å². The lowest BCUT2D eigenvalue weighted by Crippen LogP contribution is -2.12. The van der Waals surface area contributed by atoms with Crippen LogP contribution in [0.1, 0.15) is 27.4 Å². The number of benzene rings is 3. The Hall–Kier alpha value is -5.38. The van der Waals surface area contributed by atoms with Gasteiger partial charge in [0.05, 0.1) is 48.4 Å². The average molecular weight is 551 g/mol. The molecule has 6 aromatic rings. The van der Waals surface area contributed by atoms with Gasteiger partial charge in [-0.05, 0) is 67.1 Å². The number of fused-ring (bicyclic) bond motifs is 1. The van der Waals surface area contributed by atoms with E-state index in [0.29, 0.717) is 34.8 Å². The molecule has 9 nitrogen and oxygen atoms in total. The van der Waals surface area contributed by atoms with Crippen molar-refractivity contribution in [3.63, 3.8) is 0 Å². The minimum atomic E-state index is -0.411. The number of ether oxygens (including phenoxy) is 2. The molecule has 206 valence electrons. The van der Waals surface area contributed by atoms with Crippen molar-refractivity contribution in [2.75, 3.05) is 20.0 Å². The Morgan fingerprint density at radius 1 is 1.02 bits per heavy atom. The van der Waals surface area contributed by atoms with Gasteiger partial charge in [-0.15, -0.1) is 0 Å². The first-order valence-corrected chi connectivity index (χ1v) is 12.9. The van der Waals surface area contributed by atoms with E-state index >= 15 is 0 Å². The van der Waals surface area contributed by atoms with Gasteiger partial charge in [0, 0.05) is 23.9 Å².